The third-order valence-electron chi connectivity index (χ3n) is 4.78. The van der Waals surface area contributed by atoms with Crippen molar-refractivity contribution in [2.75, 3.05) is 18.6 Å². The molecule has 0 radical (unpaired) electrons. The van der Waals surface area contributed by atoms with Crippen molar-refractivity contribution in [3.8, 4) is 11.5 Å². The third-order valence-corrected chi connectivity index (χ3v) is 5.09. The van der Waals surface area contributed by atoms with Gasteiger partial charge >= 0.3 is 0 Å². The number of unbranched alkanes of at least 4 members (excludes halogenated alkanes) is 1. The lowest BCUT2D eigenvalue weighted by Gasteiger charge is -2.20. The van der Waals surface area contributed by atoms with Crippen LogP contribution in [0.3, 0.4) is 0 Å². The zero-order chi connectivity index (χ0) is 21.0. The van der Waals surface area contributed by atoms with Gasteiger partial charge in [-0.1, -0.05) is 43.1 Å². The molecule has 0 saturated carbocycles. The summed E-state index contributed by atoms with van der Waals surface area (Å²) < 4.78 is 11.2. The maximum atomic E-state index is 13.0. The van der Waals surface area contributed by atoms with Gasteiger partial charge in [0.1, 0.15) is 6.04 Å². The van der Waals surface area contributed by atoms with E-state index in [0.29, 0.717) is 40.9 Å². The molecule has 1 atom stereocenters. The smallest absolute Gasteiger partial charge is 0.254 e. The van der Waals surface area contributed by atoms with Gasteiger partial charge in [-0.2, -0.15) is 0 Å². The Morgan fingerprint density at radius 1 is 1.24 bits per heavy atom. The quantitative estimate of drug-likeness (QED) is 0.653. The molecule has 0 unspecified atom stereocenters. The highest BCUT2D eigenvalue weighted by Crippen LogP contribution is 2.42. The molecule has 154 valence electrons. The number of anilines is 1. The van der Waals surface area contributed by atoms with E-state index in [1.807, 2.05) is 24.3 Å². The van der Waals surface area contributed by atoms with E-state index in [1.54, 1.807) is 24.1 Å². The summed E-state index contributed by atoms with van der Waals surface area (Å²) in [7, 11) is 1.59. The molecule has 0 fully saturated rings. The minimum atomic E-state index is -0.736. The monoisotopic (exact) mass is 416 g/mol. The number of carbonyl (C=O) groups is 2. The Hall–Kier alpha value is -2.73. The van der Waals surface area contributed by atoms with E-state index in [1.165, 1.54) is 6.92 Å². The van der Waals surface area contributed by atoms with Crippen LogP contribution in [0, 0.1) is 0 Å². The molecular weight excluding hydrogens is 392 g/mol. The van der Waals surface area contributed by atoms with Gasteiger partial charge in [0.2, 0.25) is 5.91 Å². The normalized spacial score (nSPS) is 15.2. The van der Waals surface area contributed by atoms with Crippen molar-refractivity contribution in [2.45, 2.75) is 39.3 Å². The summed E-state index contributed by atoms with van der Waals surface area (Å²) in [6.07, 6.45) is 2.01. The molecule has 1 heterocycles. The van der Waals surface area contributed by atoms with Gasteiger partial charge in [0.25, 0.3) is 5.91 Å². The van der Waals surface area contributed by atoms with E-state index in [4.69, 9.17) is 21.1 Å². The molecule has 0 aliphatic carbocycles. The number of carbonyl (C=O) groups excluding carboxylic acids is 2. The molecule has 1 N–H and O–H groups in total. The van der Waals surface area contributed by atoms with Crippen molar-refractivity contribution in [3.63, 3.8) is 0 Å². The number of nitrogens with one attached hydrogen (secondary N) is 1. The first-order chi connectivity index (χ1) is 14.0. The van der Waals surface area contributed by atoms with Crippen molar-refractivity contribution in [1.82, 2.24) is 5.32 Å². The number of halogens is 1. The summed E-state index contributed by atoms with van der Waals surface area (Å²) >= 11 is 6.40. The topological polar surface area (TPSA) is 67.9 Å². The van der Waals surface area contributed by atoms with Crippen LogP contribution in [-0.2, 0) is 16.1 Å². The van der Waals surface area contributed by atoms with Crippen LogP contribution in [0.5, 0.6) is 11.5 Å². The number of rotatable bonds is 8. The number of nitrogens with zero attached hydrogens (tertiary/aromatic N) is 1. The van der Waals surface area contributed by atoms with Gasteiger partial charge in [-0.3, -0.25) is 9.59 Å². The summed E-state index contributed by atoms with van der Waals surface area (Å²) in [6.45, 7) is 4.42. The van der Waals surface area contributed by atoms with Gasteiger partial charge < -0.3 is 19.7 Å². The van der Waals surface area contributed by atoms with Crippen LogP contribution in [0.15, 0.2) is 36.4 Å². The summed E-state index contributed by atoms with van der Waals surface area (Å²) in [5, 5.41) is 3.19. The highest BCUT2D eigenvalue weighted by molar-refractivity contribution is 6.34. The molecule has 0 aromatic heterocycles. The summed E-state index contributed by atoms with van der Waals surface area (Å²) in [5.41, 5.74) is 2.19. The second-order valence-electron chi connectivity index (χ2n) is 6.92. The van der Waals surface area contributed by atoms with Crippen molar-refractivity contribution in [2.24, 2.45) is 0 Å². The maximum absolute atomic E-state index is 13.0. The Morgan fingerprint density at radius 3 is 2.72 bits per heavy atom. The van der Waals surface area contributed by atoms with Gasteiger partial charge in [0, 0.05) is 12.5 Å². The predicted molar refractivity (Wildman–Crippen MR) is 113 cm³/mol. The molecule has 0 bridgehead atoms. The number of methoxy groups -OCH3 is 1. The van der Waals surface area contributed by atoms with Crippen LogP contribution in [0.25, 0.3) is 0 Å². The Kier molecular flexibility index (Phi) is 6.64. The van der Waals surface area contributed by atoms with Crippen molar-refractivity contribution in [3.05, 3.63) is 52.5 Å². The molecule has 2 aromatic carbocycles. The van der Waals surface area contributed by atoms with Crippen molar-refractivity contribution < 1.29 is 19.1 Å². The Bertz CT molecular complexity index is 916. The van der Waals surface area contributed by atoms with E-state index in [0.717, 1.165) is 18.4 Å². The Labute approximate surface area is 175 Å². The second-order valence-corrected chi connectivity index (χ2v) is 7.33. The predicted octanol–water partition coefficient (Wildman–Crippen LogP) is 4.25. The molecule has 0 saturated heterocycles. The van der Waals surface area contributed by atoms with Crippen LogP contribution in [0.2, 0.25) is 5.02 Å². The molecule has 2 amide bonds. The number of hydrogen-bond acceptors (Lipinski definition) is 4. The zero-order valence-electron chi connectivity index (χ0n) is 16.8. The maximum Gasteiger partial charge on any atom is 0.254 e. The molecule has 6 nitrogen and oxygen atoms in total. The SMILES string of the molecule is CCCCOc1ccc(CN2C(=O)[C@@H](NC(C)=O)c3cccc(Cl)c32)cc1OC. The minimum Gasteiger partial charge on any atom is -0.493 e. The van der Waals surface area contributed by atoms with Crippen LogP contribution < -0.4 is 19.7 Å². The van der Waals surface area contributed by atoms with E-state index in [9.17, 15) is 9.59 Å². The van der Waals surface area contributed by atoms with Gasteiger partial charge in [-0.25, -0.2) is 0 Å². The molecule has 3 rings (SSSR count). The largest absolute Gasteiger partial charge is 0.493 e. The molecule has 1 aliphatic heterocycles. The van der Waals surface area contributed by atoms with E-state index >= 15 is 0 Å². The average Bonchev–Trinajstić information content (AvgIpc) is 2.95. The van der Waals surface area contributed by atoms with Gasteiger partial charge in [0.05, 0.1) is 31.0 Å². The highest BCUT2D eigenvalue weighted by atomic mass is 35.5. The molecular formula is C22H25ClN2O4. The fraction of sp³-hybridized carbons (Fsp3) is 0.364. The number of amides is 2. The summed E-state index contributed by atoms with van der Waals surface area (Å²) in [6, 6.07) is 10.2. The first kappa shape index (κ1) is 21.0. The lowest BCUT2D eigenvalue weighted by atomic mass is 10.1. The first-order valence-corrected chi connectivity index (χ1v) is 10.0. The van der Waals surface area contributed by atoms with E-state index in [2.05, 4.69) is 12.2 Å². The molecule has 1 aliphatic rings. The lowest BCUT2D eigenvalue weighted by Crippen LogP contribution is -2.36. The molecule has 2 aromatic rings. The first-order valence-electron chi connectivity index (χ1n) is 9.62. The van der Waals surface area contributed by atoms with Gasteiger partial charge in [0.15, 0.2) is 11.5 Å². The van der Waals surface area contributed by atoms with Gasteiger partial charge in [-0.05, 0) is 30.2 Å². The summed E-state index contributed by atoms with van der Waals surface area (Å²) in [4.78, 5) is 26.2. The van der Waals surface area contributed by atoms with Crippen LogP contribution >= 0.6 is 11.6 Å². The number of benzene rings is 2. The molecule has 7 heteroatoms. The number of ether oxygens (including phenoxy) is 2. The van der Waals surface area contributed by atoms with Crippen molar-refractivity contribution >= 4 is 29.1 Å². The Balaban J connectivity index is 1.88. The zero-order valence-corrected chi connectivity index (χ0v) is 17.6. The van der Waals surface area contributed by atoms with Crippen LogP contribution in [0.4, 0.5) is 5.69 Å². The molecule has 29 heavy (non-hydrogen) atoms. The van der Waals surface area contributed by atoms with Crippen LogP contribution in [0.1, 0.15) is 43.9 Å². The lowest BCUT2D eigenvalue weighted by molar-refractivity contribution is -0.126. The third kappa shape index (κ3) is 4.48. The second kappa shape index (κ2) is 9.18. The van der Waals surface area contributed by atoms with E-state index in [-0.39, 0.29) is 11.8 Å². The van der Waals surface area contributed by atoms with Crippen LogP contribution in [-0.4, -0.2) is 25.5 Å². The number of hydrogen-bond donors (Lipinski definition) is 1. The minimum absolute atomic E-state index is 0.217. The van der Waals surface area contributed by atoms with E-state index < -0.39 is 6.04 Å². The number of para-hydroxylation sites is 1. The van der Waals surface area contributed by atoms with Gasteiger partial charge in [-0.15, -0.1) is 0 Å². The number of fused-ring (bicyclic) bond motifs is 1. The highest BCUT2D eigenvalue weighted by Gasteiger charge is 2.39. The fourth-order valence-corrected chi connectivity index (χ4v) is 3.67. The standard InChI is InChI=1S/C22H25ClN2O4/c1-4-5-11-29-18-10-9-15(12-19(18)28-3)13-25-21-16(7-6-8-17(21)23)20(22(25)27)24-14(2)26/h6-10,12,20H,4-5,11,13H2,1-3H3,(H,24,26)/t20-/m0/s1. The fourth-order valence-electron chi connectivity index (χ4n) is 3.39. The average molecular weight is 417 g/mol. The summed E-state index contributed by atoms with van der Waals surface area (Å²) in [5.74, 6) is 0.798. The Morgan fingerprint density at radius 2 is 2.03 bits per heavy atom. The molecule has 0 spiro atoms. The van der Waals surface area contributed by atoms with Crippen molar-refractivity contribution in [1.29, 1.82) is 0 Å².